The summed E-state index contributed by atoms with van der Waals surface area (Å²) in [4.78, 5) is 32.5. The monoisotopic (exact) mass is 283 g/mol. The van der Waals surface area contributed by atoms with E-state index < -0.39 is 34.9 Å². The lowest BCUT2D eigenvalue weighted by atomic mass is 10.1. The molecule has 0 amide bonds. The van der Waals surface area contributed by atoms with Crippen LogP contribution in [0.5, 0.6) is 5.75 Å². The Balaban J connectivity index is 3.16. The van der Waals surface area contributed by atoms with Crippen LogP contribution in [0.15, 0.2) is 12.1 Å². The number of rotatable bonds is 6. The normalized spacial score (nSPS) is 9.90. The Labute approximate surface area is 114 Å². The van der Waals surface area contributed by atoms with Gasteiger partial charge in [0.05, 0.1) is 11.5 Å². The molecule has 0 heterocycles. The van der Waals surface area contributed by atoms with Crippen LogP contribution >= 0.6 is 0 Å². The molecule has 0 aliphatic carbocycles. The molecule has 8 heteroatoms. The first-order valence-corrected chi connectivity index (χ1v) is 5.67. The van der Waals surface area contributed by atoms with Gasteiger partial charge in [-0.1, -0.05) is 0 Å². The van der Waals surface area contributed by atoms with Crippen LogP contribution in [0.2, 0.25) is 0 Å². The van der Waals surface area contributed by atoms with E-state index in [1.165, 1.54) is 19.1 Å². The Morgan fingerprint density at radius 3 is 2.55 bits per heavy atom. The van der Waals surface area contributed by atoms with Gasteiger partial charge in [0.25, 0.3) is 0 Å². The van der Waals surface area contributed by atoms with Gasteiger partial charge >= 0.3 is 17.6 Å². The smallest absolute Gasteiger partial charge is 0.344 e. The van der Waals surface area contributed by atoms with E-state index in [1.54, 1.807) is 6.92 Å². The van der Waals surface area contributed by atoms with E-state index >= 15 is 0 Å². The fourth-order valence-electron chi connectivity index (χ4n) is 1.53. The number of carboxylic acids is 1. The minimum atomic E-state index is -1.38. The number of nitrogens with zero attached hydrogens (tertiary/aromatic N) is 1. The Morgan fingerprint density at radius 2 is 2.05 bits per heavy atom. The highest BCUT2D eigenvalue weighted by Gasteiger charge is 2.25. The van der Waals surface area contributed by atoms with E-state index in [4.69, 9.17) is 9.84 Å². The third-order valence-corrected chi connectivity index (χ3v) is 2.28. The molecule has 0 saturated heterocycles. The fraction of sp³-hybridized carbons (Fsp3) is 0.333. The molecule has 1 N–H and O–H groups in total. The Hall–Kier alpha value is -2.64. The molecular formula is C12H13NO7. The summed E-state index contributed by atoms with van der Waals surface area (Å²) >= 11 is 0. The van der Waals surface area contributed by atoms with E-state index in [9.17, 15) is 19.7 Å². The van der Waals surface area contributed by atoms with E-state index in [1.807, 2.05) is 0 Å². The summed E-state index contributed by atoms with van der Waals surface area (Å²) in [7, 11) is 0. The molecule has 108 valence electrons. The zero-order valence-corrected chi connectivity index (χ0v) is 10.9. The van der Waals surface area contributed by atoms with Crippen molar-refractivity contribution in [3.63, 3.8) is 0 Å². The molecule has 0 aliphatic rings. The number of hydrogen-bond acceptors (Lipinski definition) is 6. The number of benzene rings is 1. The van der Waals surface area contributed by atoms with E-state index in [2.05, 4.69) is 4.74 Å². The zero-order chi connectivity index (χ0) is 15.3. The molecule has 1 aromatic rings. The van der Waals surface area contributed by atoms with Crippen molar-refractivity contribution in [1.82, 2.24) is 0 Å². The van der Waals surface area contributed by atoms with Crippen molar-refractivity contribution in [2.45, 2.75) is 13.8 Å². The highest BCUT2D eigenvalue weighted by Crippen LogP contribution is 2.32. The lowest BCUT2D eigenvalue weighted by Crippen LogP contribution is -2.17. The average Bonchev–Trinajstić information content (AvgIpc) is 2.36. The molecule has 0 aromatic heterocycles. The Kier molecular flexibility index (Phi) is 5.01. The van der Waals surface area contributed by atoms with Crippen LogP contribution < -0.4 is 4.74 Å². The molecule has 0 aliphatic heterocycles. The summed E-state index contributed by atoms with van der Waals surface area (Å²) in [5.41, 5.74) is -0.481. The number of esters is 1. The van der Waals surface area contributed by atoms with Crippen molar-refractivity contribution in [2.75, 3.05) is 13.2 Å². The second-order valence-corrected chi connectivity index (χ2v) is 3.82. The summed E-state index contributed by atoms with van der Waals surface area (Å²) < 4.78 is 9.57. The molecule has 0 saturated carbocycles. The number of aryl methyl sites for hydroxylation is 1. The van der Waals surface area contributed by atoms with Crippen LogP contribution in [0.1, 0.15) is 22.8 Å². The highest BCUT2D eigenvalue weighted by molar-refractivity contribution is 5.93. The third-order valence-electron chi connectivity index (χ3n) is 2.28. The highest BCUT2D eigenvalue weighted by atomic mass is 16.6. The minimum absolute atomic E-state index is 0.129. The maximum Gasteiger partial charge on any atom is 0.344 e. The van der Waals surface area contributed by atoms with Crippen LogP contribution in [-0.2, 0) is 9.53 Å². The predicted octanol–water partition coefficient (Wildman–Crippen LogP) is 1.54. The molecule has 0 fully saturated rings. The maximum atomic E-state index is 11.2. The van der Waals surface area contributed by atoms with Gasteiger partial charge in [0.1, 0.15) is 5.56 Å². The molecule has 0 spiro atoms. The zero-order valence-electron chi connectivity index (χ0n) is 10.9. The molecule has 0 bridgehead atoms. The lowest BCUT2D eigenvalue weighted by molar-refractivity contribution is -0.385. The number of carbonyl (C=O) groups is 2. The molecule has 0 atom stereocenters. The first-order valence-electron chi connectivity index (χ1n) is 5.67. The van der Waals surface area contributed by atoms with Crippen molar-refractivity contribution in [3.8, 4) is 5.75 Å². The number of carbonyl (C=O) groups excluding carboxylic acids is 1. The number of hydrogen-bond donors (Lipinski definition) is 1. The predicted molar refractivity (Wildman–Crippen MR) is 66.9 cm³/mol. The molecule has 0 unspecified atom stereocenters. The van der Waals surface area contributed by atoms with Gasteiger partial charge < -0.3 is 14.6 Å². The molecule has 0 radical (unpaired) electrons. The maximum absolute atomic E-state index is 11.2. The van der Waals surface area contributed by atoms with Crippen LogP contribution in [0.4, 0.5) is 5.69 Å². The molecule has 1 aromatic carbocycles. The fourth-order valence-corrected chi connectivity index (χ4v) is 1.53. The quantitative estimate of drug-likeness (QED) is 0.478. The van der Waals surface area contributed by atoms with E-state index in [0.29, 0.717) is 5.56 Å². The topological polar surface area (TPSA) is 116 Å². The molecular weight excluding hydrogens is 270 g/mol. The number of nitro benzene ring substituents is 1. The summed E-state index contributed by atoms with van der Waals surface area (Å²) in [5.74, 6) is -2.57. The third kappa shape index (κ3) is 3.67. The molecule has 20 heavy (non-hydrogen) atoms. The van der Waals surface area contributed by atoms with Crippen LogP contribution in [0.3, 0.4) is 0 Å². The second kappa shape index (κ2) is 6.50. The minimum Gasteiger partial charge on any atom is -0.478 e. The first-order chi connectivity index (χ1) is 9.36. The summed E-state index contributed by atoms with van der Waals surface area (Å²) in [6.07, 6.45) is 0. The lowest BCUT2D eigenvalue weighted by Gasteiger charge is -2.10. The van der Waals surface area contributed by atoms with Gasteiger partial charge in [-0.25, -0.2) is 9.59 Å². The van der Waals surface area contributed by atoms with Crippen molar-refractivity contribution in [3.05, 3.63) is 33.4 Å². The molecule has 1 rings (SSSR count). The average molecular weight is 283 g/mol. The van der Waals surface area contributed by atoms with Gasteiger partial charge in [0.2, 0.25) is 5.75 Å². The number of nitro groups is 1. The van der Waals surface area contributed by atoms with E-state index in [0.717, 1.165) is 0 Å². The SMILES string of the molecule is CCOC(=O)COc1c(C(=O)O)cc(C)cc1[N+](=O)[O-]. The second-order valence-electron chi connectivity index (χ2n) is 3.82. The van der Waals surface area contributed by atoms with Gasteiger partial charge in [-0.05, 0) is 25.5 Å². The first kappa shape index (κ1) is 15.4. The van der Waals surface area contributed by atoms with Gasteiger partial charge in [-0.2, -0.15) is 0 Å². The van der Waals surface area contributed by atoms with Crippen molar-refractivity contribution < 1.29 is 29.1 Å². The molecule has 8 nitrogen and oxygen atoms in total. The number of aromatic carboxylic acids is 1. The number of carboxylic acid groups (broad SMARTS) is 1. The van der Waals surface area contributed by atoms with Gasteiger partial charge in [-0.15, -0.1) is 0 Å². The Morgan fingerprint density at radius 1 is 1.40 bits per heavy atom. The Bertz CT molecular complexity index is 518. The van der Waals surface area contributed by atoms with Crippen molar-refractivity contribution in [1.29, 1.82) is 0 Å². The van der Waals surface area contributed by atoms with Gasteiger partial charge in [-0.3, -0.25) is 10.1 Å². The summed E-state index contributed by atoms with van der Waals surface area (Å²) in [6.45, 7) is 2.64. The summed E-state index contributed by atoms with van der Waals surface area (Å²) in [6, 6.07) is 2.41. The van der Waals surface area contributed by atoms with Gasteiger partial charge in [0.15, 0.2) is 6.61 Å². The standard InChI is InChI=1S/C12H13NO7/c1-3-19-10(14)6-20-11-8(12(15)16)4-7(2)5-9(11)13(17)18/h4-5H,3,6H2,1-2H3,(H,15,16). The van der Waals surface area contributed by atoms with Gasteiger partial charge in [0, 0.05) is 6.07 Å². The van der Waals surface area contributed by atoms with Crippen molar-refractivity contribution in [2.24, 2.45) is 0 Å². The van der Waals surface area contributed by atoms with Crippen molar-refractivity contribution >= 4 is 17.6 Å². The largest absolute Gasteiger partial charge is 0.478 e. The van der Waals surface area contributed by atoms with Crippen LogP contribution in [0, 0.1) is 17.0 Å². The van der Waals surface area contributed by atoms with E-state index in [-0.39, 0.29) is 12.2 Å². The van der Waals surface area contributed by atoms with Crippen LogP contribution in [-0.4, -0.2) is 35.2 Å². The van der Waals surface area contributed by atoms with Crippen LogP contribution in [0.25, 0.3) is 0 Å². The summed E-state index contributed by atoms with van der Waals surface area (Å²) in [5, 5.41) is 20.0. The number of ether oxygens (including phenoxy) is 2.